The summed E-state index contributed by atoms with van der Waals surface area (Å²) in [5.74, 6) is 0.412. The molecule has 1 aromatic rings. The van der Waals surface area contributed by atoms with Crippen LogP contribution in [0.2, 0.25) is 0 Å². The SMILES string of the molecule is Cc1nc(C(C)C)sc1C(=O)N1CCOC(CN)C1.Cl. The Morgan fingerprint density at radius 3 is 2.85 bits per heavy atom. The molecule has 7 heteroatoms. The molecule has 1 aliphatic heterocycles. The molecule has 20 heavy (non-hydrogen) atoms. The molecule has 0 bridgehead atoms. The Bertz CT molecular complexity index is 464. The van der Waals surface area contributed by atoms with E-state index in [1.54, 1.807) is 0 Å². The van der Waals surface area contributed by atoms with Gasteiger partial charge in [-0.1, -0.05) is 13.8 Å². The second kappa shape index (κ2) is 7.36. The number of halogens is 1. The fraction of sp³-hybridized carbons (Fsp3) is 0.692. The molecular formula is C13H22ClN3O2S. The number of aryl methyl sites for hydroxylation is 1. The van der Waals surface area contributed by atoms with Gasteiger partial charge in [0.1, 0.15) is 4.88 Å². The first-order chi connectivity index (χ1) is 9.02. The van der Waals surface area contributed by atoms with Gasteiger partial charge in [-0.3, -0.25) is 4.79 Å². The second-order valence-corrected chi connectivity index (χ2v) is 6.13. The first-order valence-electron chi connectivity index (χ1n) is 6.61. The van der Waals surface area contributed by atoms with Crippen LogP contribution in [0.15, 0.2) is 0 Å². The fourth-order valence-electron chi connectivity index (χ4n) is 2.05. The highest BCUT2D eigenvalue weighted by Gasteiger charge is 2.27. The monoisotopic (exact) mass is 319 g/mol. The lowest BCUT2D eigenvalue weighted by Gasteiger charge is -2.32. The number of thiazole rings is 1. The predicted molar refractivity (Wildman–Crippen MR) is 82.9 cm³/mol. The lowest BCUT2D eigenvalue weighted by Crippen LogP contribution is -2.48. The topological polar surface area (TPSA) is 68.5 Å². The number of rotatable bonds is 3. The molecule has 2 heterocycles. The zero-order chi connectivity index (χ0) is 14.0. The molecule has 0 saturated carbocycles. The largest absolute Gasteiger partial charge is 0.373 e. The van der Waals surface area contributed by atoms with E-state index in [-0.39, 0.29) is 24.4 Å². The van der Waals surface area contributed by atoms with E-state index < -0.39 is 0 Å². The maximum absolute atomic E-state index is 12.5. The van der Waals surface area contributed by atoms with E-state index >= 15 is 0 Å². The summed E-state index contributed by atoms with van der Waals surface area (Å²) in [4.78, 5) is 19.6. The zero-order valence-corrected chi connectivity index (χ0v) is 13.7. The standard InChI is InChI=1S/C13H21N3O2S.ClH/c1-8(2)12-15-9(3)11(19-12)13(17)16-4-5-18-10(6-14)7-16;/h8,10H,4-7,14H2,1-3H3;1H. The minimum atomic E-state index is -0.0458. The number of hydrogen-bond acceptors (Lipinski definition) is 5. The van der Waals surface area contributed by atoms with Crippen molar-refractivity contribution in [1.29, 1.82) is 0 Å². The quantitative estimate of drug-likeness (QED) is 0.922. The van der Waals surface area contributed by atoms with Gasteiger partial charge in [0.2, 0.25) is 0 Å². The second-order valence-electron chi connectivity index (χ2n) is 5.10. The van der Waals surface area contributed by atoms with E-state index in [4.69, 9.17) is 10.5 Å². The maximum atomic E-state index is 12.5. The number of hydrogen-bond donors (Lipinski definition) is 1. The molecule has 0 aromatic carbocycles. The van der Waals surface area contributed by atoms with Gasteiger partial charge in [-0.25, -0.2) is 4.98 Å². The van der Waals surface area contributed by atoms with E-state index in [0.717, 1.165) is 15.6 Å². The van der Waals surface area contributed by atoms with Crippen molar-refractivity contribution in [1.82, 2.24) is 9.88 Å². The van der Waals surface area contributed by atoms with Crippen LogP contribution in [0.5, 0.6) is 0 Å². The molecule has 2 rings (SSSR count). The van der Waals surface area contributed by atoms with Gasteiger partial charge in [0.05, 0.1) is 23.4 Å². The number of carbonyl (C=O) groups is 1. The molecule has 1 amide bonds. The molecule has 0 radical (unpaired) electrons. The molecule has 1 unspecified atom stereocenters. The van der Waals surface area contributed by atoms with Crippen LogP contribution in [-0.4, -0.2) is 48.1 Å². The number of carbonyl (C=O) groups excluding carboxylic acids is 1. The van der Waals surface area contributed by atoms with Crippen molar-refractivity contribution in [2.24, 2.45) is 5.73 Å². The van der Waals surface area contributed by atoms with E-state index in [1.165, 1.54) is 11.3 Å². The van der Waals surface area contributed by atoms with E-state index in [0.29, 0.717) is 32.2 Å². The number of amides is 1. The van der Waals surface area contributed by atoms with E-state index in [2.05, 4.69) is 18.8 Å². The number of nitrogens with zero attached hydrogens (tertiary/aromatic N) is 2. The van der Waals surface area contributed by atoms with Gasteiger partial charge >= 0.3 is 0 Å². The van der Waals surface area contributed by atoms with Crippen LogP contribution in [-0.2, 0) is 4.74 Å². The number of morpholine rings is 1. The summed E-state index contributed by atoms with van der Waals surface area (Å²) in [6.45, 7) is 8.28. The third kappa shape index (κ3) is 3.69. The summed E-state index contributed by atoms with van der Waals surface area (Å²) in [5.41, 5.74) is 6.43. The van der Waals surface area contributed by atoms with Crippen molar-refractivity contribution in [3.8, 4) is 0 Å². The summed E-state index contributed by atoms with van der Waals surface area (Å²) in [5, 5.41) is 1.02. The number of aromatic nitrogens is 1. The van der Waals surface area contributed by atoms with Crippen LogP contribution in [0.3, 0.4) is 0 Å². The van der Waals surface area contributed by atoms with Crippen molar-refractivity contribution in [3.05, 3.63) is 15.6 Å². The lowest BCUT2D eigenvalue weighted by molar-refractivity contribution is -0.0166. The lowest BCUT2D eigenvalue weighted by atomic mass is 10.2. The molecule has 0 spiro atoms. The third-order valence-corrected chi connectivity index (χ3v) is 4.64. The van der Waals surface area contributed by atoms with Crippen molar-refractivity contribution in [3.63, 3.8) is 0 Å². The zero-order valence-electron chi connectivity index (χ0n) is 12.1. The van der Waals surface area contributed by atoms with Crippen molar-refractivity contribution in [2.45, 2.75) is 32.8 Å². The average Bonchev–Trinajstić information content (AvgIpc) is 2.80. The van der Waals surface area contributed by atoms with Crippen LogP contribution in [0.1, 0.15) is 40.1 Å². The Labute approximate surface area is 129 Å². The summed E-state index contributed by atoms with van der Waals surface area (Å²) in [6.07, 6.45) is -0.0458. The maximum Gasteiger partial charge on any atom is 0.266 e. The Kier molecular flexibility index (Phi) is 6.39. The van der Waals surface area contributed by atoms with Gasteiger partial charge in [0.25, 0.3) is 5.91 Å². The molecule has 0 aliphatic carbocycles. The van der Waals surface area contributed by atoms with Gasteiger partial charge in [-0.15, -0.1) is 23.7 Å². The molecule has 1 fully saturated rings. The smallest absolute Gasteiger partial charge is 0.266 e. The molecule has 5 nitrogen and oxygen atoms in total. The van der Waals surface area contributed by atoms with Crippen molar-refractivity contribution < 1.29 is 9.53 Å². The van der Waals surface area contributed by atoms with Gasteiger partial charge in [-0.2, -0.15) is 0 Å². The summed E-state index contributed by atoms with van der Waals surface area (Å²) in [6, 6.07) is 0. The number of nitrogens with two attached hydrogens (primary N) is 1. The third-order valence-electron chi connectivity index (χ3n) is 3.19. The highest BCUT2D eigenvalue weighted by molar-refractivity contribution is 7.13. The Morgan fingerprint density at radius 2 is 2.30 bits per heavy atom. The van der Waals surface area contributed by atoms with Crippen LogP contribution in [0.4, 0.5) is 0 Å². The molecule has 1 atom stereocenters. The summed E-state index contributed by atoms with van der Waals surface area (Å²) >= 11 is 1.50. The van der Waals surface area contributed by atoms with Crippen molar-refractivity contribution >= 4 is 29.7 Å². The molecule has 1 aromatic heterocycles. The summed E-state index contributed by atoms with van der Waals surface area (Å²) < 4.78 is 5.49. The van der Waals surface area contributed by atoms with E-state index in [1.807, 2.05) is 11.8 Å². The highest BCUT2D eigenvalue weighted by atomic mass is 35.5. The minimum absolute atomic E-state index is 0. The highest BCUT2D eigenvalue weighted by Crippen LogP contribution is 2.26. The van der Waals surface area contributed by atoms with Gasteiger partial charge in [0.15, 0.2) is 0 Å². The van der Waals surface area contributed by atoms with Crippen molar-refractivity contribution in [2.75, 3.05) is 26.2 Å². The molecular weight excluding hydrogens is 298 g/mol. The average molecular weight is 320 g/mol. The summed E-state index contributed by atoms with van der Waals surface area (Å²) in [7, 11) is 0. The molecule has 1 saturated heterocycles. The van der Waals surface area contributed by atoms with Crippen LogP contribution in [0, 0.1) is 6.92 Å². The Balaban J connectivity index is 0.00000200. The molecule has 114 valence electrons. The van der Waals surface area contributed by atoms with Crippen LogP contribution < -0.4 is 5.73 Å². The molecule has 2 N–H and O–H groups in total. The van der Waals surface area contributed by atoms with Crippen LogP contribution >= 0.6 is 23.7 Å². The fourth-order valence-corrected chi connectivity index (χ4v) is 3.09. The first kappa shape index (κ1) is 17.4. The van der Waals surface area contributed by atoms with Gasteiger partial charge in [0, 0.05) is 25.6 Å². The predicted octanol–water partition coefficient (Wildman–Crippen LogP) is 1.80. The van der Waals surface area contributed by atoms with Gasteiger partial charge in [-0.05, 0) is 6.92 Å². The number of ether oxygens (including phenoxy) is 1. The van der Waals surface area contributed by atoms with E-state index in [9.17, 15) is 4.79 Å². The first-order valence-corrected chi connectivity index (χ1v) is 7.42. The molecule has 1 aliphatic rings. The Hall–Kier alpha value is -0.690. The van der Waals surface area contributed by atoms with Gasteiger partial charge < -0.3 is 15.4 Å². The Morgan fingerprint density at radius 1 is 1.60 bits per heavy atom. The normalized spacial score (nSPS) is 19.1. The van der Waals surface area contributed by atoms with Crippen LogP contribution in [0.25, 0.3) is 0 Å². The minimum Gasteiger partial charge on any atom is -0.373 e.